The first-order valence-electron chi connectivity index (χ1n) is 11.8. The van der Waals surface area contributed by atoms with Gasteiger partial charge in [0, 0.05) is 18.8 Å². The van der Waals surface area contributed by atoms with Crippen molar-refractivity contribution in [2.24, 2.45) is 5.92 Å². The van der Waals surface area contributed by atoms with Crippen molar-refractivity contribution >= 4 is 23.6 Å². The molecule has 1 unspecified atom stereocenters. The molecule has 1 saturated carbocycles. The number of rotatable bonds is 3. The zero-order chi connectivity index (χ0) is 23.8. The van der Waals surface area contributed by atoms with Gasteiger partial charge in [-0.25, -0.2) is 4.79 Å². The van der Waals surface area contributed by atoms with Crippen LogP contribution in [0.5, 0.6) is 0 Å². The number of hydrogen-bond donors (Lipinski definition) is 3. The van der Waals surface area contributed by atoms with Gasteiger partial charge in [0.25, 0.3) is 11.8 Å². The van der Waals surface area contributed by atoms with Crippen molar-refractivity contribution < 1.29 is 24.2 Å². The van der Waals surface area contributed by atoms with Gasteiger partial charge in [0.2, 0.25) is 0 Å². The lowest BCUT2D eigenvalue weighted by atomic mass is 9.84. The number of nitrogens with one attached hydrogen (secondary N) is 2. The van der Waals surface area contributed by atoms with Gasteiger partial charge in [-0.15, -0.1) is 0 Å². The summed E-state index contributed by atoms with van der Waals surface area (Å²) in [5, 5.41) is 16.3. The summed E-state index contributed by atoms with van der Waals surface area (Å²) in [4.78, 5) is 39.3. The molecule has 1 aromatic rings. The predicted octanol–water partition coefficient (Wildman–Crippen LogP) is 3.85. The molecule has 2 aliphatic heterocycles. The molecule has 1 aromatic carbocycles. The van der Waals surface area contributed by atoms with E-state index < -0.39 is 35.5 Å². The maximum atomic E-state index is 12.9. The van der Waals surface area contributed by atoms with Crippen LogP contribution in [0.15, 0.2) is 35.6 Å². The molecule has 2 fully saturated rings. The summed E-state index contributed by atoms with van der Waals surface area (Å²) in [6.07, 6.45) is 5.66. The van der Waals surface area contributed by atoms with Crippen molar-refractivity contribution in [1.29, 1.82) is 0 Å². The number of amides is 3. The van der Waals surface area contributed by atoms with Crippen molar-refractivity contribution in [3.63, 3.8) is 0 Å². The molecule has 178 valence electrons. The number of nitrogens with zero attached hydrogens (tertiary/aromatic N) is 1. The van der Waals surface area contributed by atoms with Gasteiger partial charge >= 0.3 is 6.09 Å². The van der Waals surface area contributed by atoms with E-state index >= 15 is 0 Å². The second-order valence-corrected chi connectivity index (χ2v) is 10.2. The summed E-state index contributed by atoms with van der Waals surface area (Å²) in [6, 6.07) is 7.25. The molecule has 2 heterocycles. The molecule has 1 aliphatic carbocycles. The fourth-order valence-electron chi connectivity index (χ4n) is 4.93. The minimum Gasteiger partial charge on any atom is -0.511 e. The number of aliphatic hydroxyl groups is 1. The van der Waals surface area contributed by atoms with E-state index in [1.165, 1.54) is 42.6 Å². The highest BCUT2D eigenvalue weighted by Gasteiger charge is 2.46. The second kappa shape index (κ2) is 9.08. The van der Waals surface area contributed by atoms with Crippen LogP contribution in [-0.4, -0.2) is 52.6 Å². The monoisotopic (exact) mass is 455 g/mol. The number of hydrogen-bond acceptors (Lipinski definition) is 5. The summed E-state index contributed by atoms with van der Waals surface area (Å²) < 4.78 is 5.39. The van der Waals surface area contributed by atoms with Gasteiger partial charge in [-0.3, -0.25) is 9.59 Å². The molecule has 0 spiro atoms. The number of ether oxygens (including phenoxy) is 1. The molecule has 3 N–H and O–H groups in total. The van der Waals surface area contributed by atoms with E-state index in [9.17, 15) is 19.5 Å². The molecular formula is C25H33N3O5. The van der Waals surface area contributed by atoms with E-state index in [0.29, 0.717) is 11.6 Å². The average molecular weight is 456 g/mol. The molecule has 0 radical (unpaired) electrons. The Labute approximate surface area is 194 Å². The third kappa shape index (κ3) is 5.15. The maximum absolute atomic E-state index is 12.9. The molecule has 3 amide bonds. The molecule has 0 aromatic heterocycles. The lowest BCUT2D eigenvalue weighted by Crippen LogP contribution is -2.48. The summed E-state index contributed by atoms with van der Waals surface area (Å²) in [5.74, 6) is -1.58. The lowest BCUT2D eigenvalue weighted by Gasteiger charge is -2.26. The smallest absolute Gasteiger partial charge is 0.410 e. The minimum atomic E-state index is -0.662. The standard InChI is InChI=1S/C25H33N3O5/c1-25(2,3)33-24(32)28-13-18-19(14-28)27-23(31)20(21(18)29)22(30)26-17-11-9-16(10-12-17)15-7-5-4-6-8-15/h9-12,15,18-19,29H,4-8,13-14H2,1-3H3,(H,26,30)(H,27,31)/t18?,19-/m0/s1. The Morgan fingerprint density at radius 2 is 1.76 bits per heavy atom. The van der Waals surface area contributed by atoms with E-state index in [2.05, 4.69) is 10.6 Å². The molecule has 4 rings (SSSR count). The molecule has 33 heavy (non-hydrogen) atoms. The third-order valence-electron chi connectivity index (χ3n) is 6.59. The minimum absolute atomic E-state index is 0.165. The van der Waals surface area contributed by atoms with Crippen LogP contribution in [0, 0.1) is 5.92 Å². The van der Waals surface area contributed by atoms with Crippen molar-refractivity contribution in [2.45, 2.75) is 70.4 Å². The van der Waals surface area contributed by atoms with Crippen LogP contribution in [0.2, 0.25) is 0 Å². The first kappa shape index (κ1) is 23.1. The highest BCUT2D eigenvalue weighted by atomic mass is 16.6. The number of benzene rings is 1. The largest absolute Gasteiger partial charge is 0.511 e. The van der Waals surface area contributed by atoms with Crippen LogP contribution >= 0.6 is 0 Å². The predicted molar refractivity (Wildman–Crippen MR) is 124 cm³/mol. The number of fused-ring (bicyclic) bond motifs is 1. The van der Waals surface area contributed by atoms with Crippen molar-refractivity contribution in [3.05, 3.63) is 41.2 Å². The second-order valence-electron chi connectivity index (χ2n) is 10.2. The summed E-state index contributed by atoms with van der Waals surface area (Å²) in [7, 11) is 0. The van der Waals surface area contributed by atoms with Gasteiger partial charge in [-0.2, -0.15) is 0 Å². The van der Waals surface area contributed by atoms with Crippen LogP contribution < -0.4 is 10.6 Å². The molecular weight excluding hydrogens is 422 g/mol. The number of carbonyl (C=O) groups is 3. The van der Waals surface area contributed by atoms with Crippen LogP contribution in [-0.2, 0) is 14.3 Å². The van der Waals surface area contributed by atoms with Crippen molar-refractivity contribution in [1.82, 2.24) is 10.2 Å². The maximum Gasteiger partial charge on any atom is 0.410 e. The van der Waals surface area contributed by atoms with Crippen molar-refractivity contribution in [3.8, 4) is 0 Å². The highest BCUT2D eigenvalue weighted by molar-refractivity contribution is 6.23. The van der Waals surface area contributed by atoms with Crippen LogP contribution in [0.3, 0.4) is 0 Å². The van der Waals surface area contributed by atoms with Crippen LogP contribution in [0.25, 0.3) is 0 Å². The SMILES string of the molecule is CC(C)(C)OC(=O)N1CC2C(O)=C(C(=O)Nc3ccc(C4CCCCC4)cc3)C(=O)N[C@H]2C1. The van der Waals surface area contributed by atoms with Crippen LogP contribution in [0.1, 0.15) is 64.4 Å². The number of aliphatic hydroxyl groups excluding tert-OH is 1. The van der Waals surface area contributed by atoms with E-state index in [1.807, 2.05) is 24.3 Å². The van der Waals surface area contributed by atoms with Gasteiger partial charge in [0.1, 0.15) is 16.9 Å². The highest BCUT2D eigenvalue weighted by Crippen LogP contribution is 2.33. The third-order valence-corrected chi connectivity index (χ3v) is 6.59. The summed E-state index contributed by atoms with van der Waals surface area (Å²) in [5.41, 5.74) is 0.875. The van der Waals surface area contributed by atoms with Gasteiger partial charge < -0.3 is 25.4 Å². The zero-order valence-electron chi connectivity index (χ0n) is 19.5. The number of likely N-dealkylation sites (tertiary alicyclic amines) is 1. The fraction of sp³-hybridized carbons (Fsp3) is 0.560. The van der Waals surface area contributed by atoms with Gasteiger partial charge in [0.15, 0.2) is 0 Å². The Morgan fingerprint density at radius 3 is 2.39 bits per heavy atom. The molecule has 2 atom stereocenters. The molecule has 3 aliphatic rings. The van der Waals surface area contributed by atoms with Gasteiger partial charge in [-0.05, 0) is 57.2 Å². The first-order valence-corrected chi connectivity index (χ1v) is 11.8. The lowest BCUT2D eigenvalue weighted by molar-refractivity contribution is -0.123. The molecule has 0 bridgehead atoms. The Hall–Kier alpha value is -3.03. The fourth-order valence-corrected chi connectivity index (χ4v) is 4.93. The number of anilines is 1. The number of carbonyl (C=O) groups excluding carboxylic acids is 3. The molecule has 1 saturated heterocycles. The van der Waals surface area contributed by atoms with Gasteiger partial charge in [-0.1, -0.05) is 31.4 Å². The zero-order valence-corrected chi connectivity index (χ0v) is 19.5. The summed E-state index contributed by atoms with van der Waals surface area (Å²) in [6.45, 7) is 5.71. The first-order chi connectivity index (χ1) is 15.6. The van der Waals surface area contributed by atoms with E-state index in [1.54, 1.807) is 20.8 Å². The van der Waals surface area contributed by atoms with E-state index in [4.69, 9.17) is 4.74 Å². The molecule has 8 nitrogen and oxygen atoms in total. The van der Waals surface area contributed by atoms with Crippen molar-refractivity contribution in [2.75, 3.05) is 18.4 Å². The van der Waals surface area contributed by atoms with E-state index in [-0.39, 0.29) is 24.4 Å². The molecule has 8 heteroatoms. The van der Waals surface area contributed by atoms with Crippen LogP contribution in [0.4, 0.5) is 10.5 Å². The topological polar surface area (TPSA) is 108 Å². The quantitative estimate of drug-likeness (QED) is 0.600. The normalized spacial score (nSPS) is 23.7. The Bertz CT molecular complexity index is 957. The average Bonchev–Trinajstić information content (AvgIpc) is 3.18. The van der Waals surface area contributed by atoms with Gasteiger partial charge in [0.05, 0.1) is 12.0 Å². The Balaban J connectivity index is 1.44. The summed E-state index contributed by atoms with van der Waals surface area (Å²) >= 11 is 0. The Morgan fingerprint density at radius 1 is 1.09 bits per heavy atom. The van der Waals surface area contributed by atoms with E-state index in [0.717, 1.165) is 0 Å². The Kier molecular flexibility index (Phi) is 6.36.